The maximum atomic E-state index is 11.5. The molecule has 0 heterocycles. The Morgan fingerprint density at radius 2 is 1.95 bits per heavy atom. The van der Waals surface area contributed by atoms with Crippen molar-refractivity contribution < 1.29 is 14.3 Å². The van der Waals surface area contributed by atoms with Crippen LogP contribution in [0.2, 0.25) is 0 Å². The van der Waals surface area contributed by atoms with Crippen molar-refractivity contribution in [3.8, 4) is 17.6 Å². The molecule has 1 aromatic carbocycles. The first-order valence-corrected chi connectivity index (χ1v) is 6.81. The smallest absolute Gasteiger partial charge is 0.412 e. The average Bonchev–Trinajstić information content (AvgIpc) is 2.39. The van der Waals surface area contributed by atoms with Crippen LogP contribution in [0.1, 0.15) is 18.1 Å². The predicted molar refractivity (Wildman–Crippen MR) is 80.6 cm³/mol. The zero-order valence-corrected chi connectivity index (χ0v) is 12.6. The summed E-state index contributed by atoms with van der Waals surface area (Å²) in [5.74, 6) is 6.29. The molecule has 0 aliphatic carbocycles. The molecule has 1 N–H and O–H groups in total. The Morgan fingerprint density at radius 1 is 1.30 bits per heavy atom. The lowest BCUT2D eigenvalue weighted by Gasteiger charge is -2.13. The van der Waals surface area contributed by atoms with Gasteiger partial charge in [0.1, 0.15) is 5.75 Å². The van der Waals surface area contributed by atoms with Crippen molar-refractivity contribution in [2.75, 3.05) is 24.4 Å². The van der Waals surface area contributed by atoms with Crippen LogP contribution in [0.5, 0.6) is 5.75 Å². The van der Waals surface area contributed by atoms with Crippen LogP contribution in [-0.2, 0) is 4.74 Å². The standard InChI is InChI=1S/C15H18ClNO3/c1-4-19-14-11(2)9-13(10-12(14)3)17-15(18)20-8-6-5-7-16/h9-10H,4,7-8H2,1-3H3,(H,17,18). The highest BCUT2D eigenvalue weighted by atomic mass is 35.5. The highest BCUT2D eigenvalue weighted by molar-refractivity contribution is 6.19. The van der Waals surface area contributed by atoms with Crippen LogP contribution in [0.3, 0.4) is 0 Å². The second kappa shape index (κ2) is 8.34. The quantitative estimate of drug-likeness (QED) is 0.683. The van der Waals surface area contributed by atoms with Gasteiger partial charge in [0.25, 0.3) is 0 Å². The molecule has 108 valence electrons. The van der Waals surface area contributed by atoms with Crippen LogP contribution < -0.4 is 10.1 Å². The number of anilines is 1. The van der Waals surface area contributed by atoms with Crippen LogP contribution in [-0.4, -0.2) is 25.2 Å². The number of nitrogens with one attached hydrogen (secondary N) is 1. The van der Waals surface area contributed by atoms with Gasteiger partial charge in [0.2, 0.25) is 0 Å². The Labute approximate surface area is 124 Å². The van der Waals surface area contributed by atoms with Gasteiger partial charge in [-0.3, -0.25) is 5.32 Å². The maximum Gasteiger partial charge on any atom is 0.412 e. The van der Waals surface area contributed by atoms with E-state index in [2.05, 4.69) is 17.2 Å². The molecule has 0 fully saturated rings. The Balaban J connectivity index is 2.66. The third-order valence-electron chi connectivity index (χ3n) is 2.46. The fourth-order valence-electron chi connectivity index (χ4n) is 1.75. The highest BCUT2D eigenvalue weighted by Gasteiger charge is 2.08. The van der Waals surface area contributed by atoms with Crippen LogP contribution in [0.25, 0.3) is 0 Å². The molecule has 0 unspecified atom stereocenters. The third kappa shape index (κ3) is 5.02. The molecule has 0 aromatic heterocycles. The van der Waals surface area contributed by atoms with Crippen molar-refractivity contribution in [3.05, 3.63) is 23.3 Å². The topological polar surface area (TPSA) is 47.6 Å². The molecular formula is C15H18ClNO3. The summed E-state index contributed by atoms with van der Waals surface area (Å²) < 4.78 is 10.4. The van der Waals surface area contributed by atoms with E-state index in [-0.39, 0.29) is 12.5 Å². The molecule has 0 aliphatic heterocycles. The number of hydrogen-bond donors (Lipinski definition) is 1. The number of carbonyl (C=O) groups excluding carboxylic acids is 1. The summed E-state index contributed by atoms with van der Waals surface area (Å²) in [6, 6.07) is 3.67. The number of amides is 1. The highest BCUT2D eigenvalue weighted by Crippen LogP contribution is 2.27. The summed E-state index contributed by atoms with van der Waals surface area (Å²) in [6.07, 6.45) is -0.545. The normalized spacial score (nSPS) is 9.40. The molecule has 4 nitrogen and oxygen atoms in total. The molecule has 20 heavy (non-hydrogen) atoms. The molecule has 1 aromatic rings. The molecule has 0 bridgehead atoms. The zero-order valence-electron chi connectivity index (χ0n) is 11.9. The Hall–Kier alpha value is -1.86. The number of ether oxygens (including phenoxy) is 2. The molecule has 0 radical (unpaired) electrons. The molecule has 0 aliphatic rings. The zero-order chi connectivity index (χ0) is 15.0. The molecule has 0 spiro atoms. The molecule has 5 heteroatoms. The third-order valence-corrected chi connectivity index (χ3v) is 2.60. The van der Waals surface area contributed by atoms with Crippen LogP contribution in [0, 0.1) is 25.7 Å². The van der Waals surface area contributed by atoms with Crippen molar-refractivity contribution in [3.63, 3.8) is 0 Å². The largest absolute Gasteiger partial charge is 0.493 e. The van der Waals surface area contributed by atoms with E-state index in [9.17, 15) is 4.79 Å². The fraction of sp³-hybridized carbons (Fsp3) is 0.400. The summed E-state index contributed by atoms with van der Waals surface area (Å²) in [4.78, 5) is 11.5. The number of carbonyl (C=O) groups is 1. The second-order valence-corrected chi connectivity index (χ2v) is 4.33. The van der Waals surface area contributed by atoms with Gasteiger partial charge >= 0.3 is 6.09 Å². The van der Waals surface area contributed by atoms with Gasteiger partial charge in [-0.05, 0) is 44.0 Å². The van der Waals surface area contributed by atoms with Crippen molar-refractivity contribution in [2.45, 2.75) is 20.8 Å². The summed E-state index contributed by atoms with van der Waals surface area (Å²) in [5, 5.41) is 2.65. The minimum absolute atomic E-state index is 0.0214. The summed E-state index contributed by atoms with van der Waals surface area (Å²) in [5.41, 5.74) is 2.59. The molecule has 0 saturated carbocycles. The summed E-state index contributed by atoms with van der Waals surface area (Å²) in [7, 11) is 0. The Morgan fingerprint density at radius 3 is 2.50 bits per heavy atom. The number of alkyl halides is 1. The first kappa shape index (κ1) is 16.2. The first-order valence-electron chi connectivity index (χ1n) is 6.28. The average molecular weight is 296 g/mol. The van der Waals surface area contributed by atoms with E-state index in [1.807, 2.05) is 32.9 Å². The van der Waals surface area contributed by atoms with Gasteiger partial charge in [-0.25, -0.2) is 4.79 Å². The van der Waals surface area contributed by atoms with Gasteiger partial charge in [0.05, 0.1) is 12.5 Å². The number of hydrogen-bond acceptors (Lipinski definition) is 3. The van der Waals surface area contributed by atoms with E-state index in [0.29, 0.717) is 12.3 Å². The summed E-state index contributed by atoms with van der Waals surface area (Å²) in [6.45, 7) is 6.43. The SMILES string of the molecule is CCOc1c(C)cc(NC(=O)OCC#CCCl)cc1C. The van der Waals surface area contributed by atoms with E-state index in [1.54, 1.807) is 0 Å². The van der Waals surface area contributed by atoms with Crippen molar-refractivity contribution in [1.29, 1.82) is 0 Å². The number of rotatable bonds is 4. The Bertz CT molecular complexity index is 509. The minimum Gasteiger partial charge on any atom is -0.493 e. The monoisotopic (exact) mass is 295 g/mol. The fourth-order valence-corrected chi connectivity index (χ4v) is 1.84. The van der Waals surface area contributed by atoms with Gasteiger partial charge < -0.3 is 9.47 Å². The van der Waals surface area contributed by atoms with Crippen molar-refractivity contribution in [1.82, 2.24) is 0 Å². The second-order valence-electron chi connectivity index (χ2n) is 4.06. The molecule has 0 saturated heterocycles. The Kier molecular flexibility index (Phi) is 6.75. The first-order chi connectivity index (χ1) is 9.58. The number of aryl methyl sites for hydroxylation is 2. The van der Waals surface area contributed by atoms with Crippen molar-refractivity contribution in [2.24, 2.45) is 0 Å². The molecule has 0 atom stereocenters. The lowest BCUT2D eigenvalue weighted by Crippen LogP contribution is -2.14. The van der Waals surface area contributed by atoms with Crippen LogP contribution in [0.15, 0.2) is 12.1 Å². The lowest BCUT2D eigenvalue weighted by molar-refractivity contribution is 0.176. The molecule has 1 amide bonds. The van der Waals surface area contributed by atoms with Crippen LogP contribution in [0.4, 0.5) is 10.5 Å². The van der Waals surface area contributed by atoms with E-state index in [4.69, 9.17) is 21.1 Å². The van der Waals surface area contributed by atoms with Gasteiger partial charge in [0.15, 0.2) is 6.61 Å². The van der Waals surface area contributed by atoms with Gasteiger partial charge in [-0.1, -0.05) is 11.8 Å². The van der Waals surface area contributed by atoms with Gasteiger partial charge in [-0.2, -0.15) is 0 Å². The number of halogens is 1. The lowest BCUT2D eigenvalue weighted by atomic mass is 10.1. The van der Waals surface area contributed by atoms with E-state index in [1.165, 1.54) is 0 Å². The van der Waals surface area contributed by atoms with Crippen molar-refractivity contribution >= 4 is 23.4 Å². The van der Waals surface area contributed by atoms with Gasteiger partial charge in [0, 0.05) is 5.69 Å². The maximum absolute atomic E-state index is 11.5. The van der Waals surface area contributed by atoms with Gasteiger partial charge in [-0.15, -0.1) is 11.6 Å². The minimum atomic E-state index is -0.545. The van der Waals surface area contributed by atoms with E-state index >= 15 is 0 Å². The van der Waals surface area contributed by atoms with E-state index in [0.717, 1.165) is 16.9 Å². The van der Waals surface area contributed by atoms with E-state index < -0.39 is 6.09 Å². The number of benzene rings is 1. The predicted octanol–water partition coefficient (Wildman–Crippen LogP) is 3.49. The van der Waals surface area contributed by atoms with Crippen LogP contribution >= 0.6 is 11.6 Å². The molecule has 1 rings (SSSR count). The summed E-state index contributed by atoms with van der Waals surface area (Å²) >= 11 is 5.38. The molecular weight excluding hydrogens is 278 g/mol.